The Morgan fingerprint density at radius 3 is 2.33 bits per heavy atom. The first-order valence-electron chi connectivity index (χ1n) is 5.24. The van der Waals surface area contributed by atoms with Crippen LogP contribution in [0.4, 0.5) is 0 Å². The summed E-state index contributed by atoms with van der Waals surface area (Å²) in [5, 5.41) is 1.63. The summed E-state index contributed by atoms with van der Waals surface area (Å²) >= 11 is 17.7. The molecule has 1 nitrogen and oxygen atoms in total. The van der Waals surface area contributed by atoms with Gasteiger partial charge in [0.25, 0.3) is 0 Å². The third-order valence-corrected chi connectivity index (χ3v) is 3.50. The highest BCUT2D eigenvalue weighted by atomic mass is 35.5. The molecule has 1 radical (unpaired) electrons. The highest BCUT2D eigenvalue weighted by molar-refractivity contribution is 6.42. The molecule has 2 rings (SSSR count). The van der Waals surface area contributed by atoms with Crippen LogP contribution >= 0.6 is 34.8 Å². The Morgan fingerprint density at radius 1 is 0.889 bits per heavy atom. The standard InChI is InChI=1S/C14H10Cl3O/c1-9-2-4-11(7-13(9)16)18-8-10-3-5-12(15)14(17)6-10/h2-7H,1,8H2. The van der Waals surface area contributed by atoms with Gasteiger partial charge in [-0.1, -0.05) is 46.9 Å². The summed E-state index contributed by atoms with van der Waals surface area (Å²) in [7, 11) is 0. The van der Waals surface area contributed by atoms with Crippen LogP contribution in [0.15, 0.2) is 36.4 Å². The molecule has 0 aliphatic heterocycles. The summed E-state index contributed by atoms with van der Waals surface area (Å²) in [5.74, 6) is 0.693. The second kappa shape index (κ2) is 5.83. The van der Waals surface area contributed by atoms with Crippen molar-refractivity contribution in [3.05, 3.63) is 69.5 Å². The fourth-order valence-corrected chi connectivity index (χ4v) is 1.91. The minimum atomic E-state index is 0.406. The van der Waals surface area contributed by atoms with Crippen molar-refractivity contribution in [2.24, 2.45) is 0 Å². The van der Waals surface area contributed by atoms with Crippen LogP contribution in [0.2, 0.25) is 15.1 Å². The van der Waals surface area contributed by atoms with Crippen LogP contribution in [0.1, 0.15) is 11.1 Å². The van der Waals surface area contributed by atoms with Crippen molar-refractivity contribution in [1.29, 1.82) is 0 Å². The molecule has 0 saturated heterocycles. The Labute approximate surface area is 121 Å². The Hall–Kier alpha value is -0.890. The van der Waals surface area contributed by atoms with Crippen molar-refractivity contribution >= 4 is 34.8 Å². The summed E-state index contributed by atoms with van der Waals surface area (Å²) in [5.41, 5.74) is 1.72. The fourth-order valence-electron chi connectivity index (χ4n) is 1.41. The lowest BCUT2D eigenvalue weighted by atomic mass is 10.2. The molecule has 0 aliphatic carbocycles. The fraction of sp³-hybridized carbons (Fsp3) is 0.0714. The third-order valence-electron chi connectivity index (χ3n) is 2.41. The second-order valence-corrected chi connectivity index (χ2v) is 5.01. The number of halogens is 3. The van der Waals surface area contributed by atoms with Gasteiger partial charge in [0.1, 0.15) is 12.4 Å². The van der Waals surface area contributed by atoms with Gasteiger partial charge in [0, 0.05) is 5.02 Å². The maximum Gasteiger partial charge on any atom is 0.121 e. The predicted molar refractivity (Wildman–Crippen MR) is 76.7 cm³/mol. The molecule has 0 aromatic heterocycles. The average Bonchev–Trinajstić information content (AvgIpc) is 2.35. The van der Waals surface area contributed by atoms with Gasteiger partial charge in [-0.05, 0) is 42.3 Å². The topological polar surface area (TPSA) is 9.23 Å². The van der Waals surface area contributed by atoms with E-state index in [9.17, 15) is 0 Å². The van der Waals surface area contributed by atoms with Crippen LogP contribution in [0, 0.1) is 6.92 Å². The van der Waals surface area contributed by atoms with Gasteiger partial charge in [-0.3, -0.25) is 0 Å². The molecule has 2 aromatic carbocycles. The van der Waals surface area contributed by atoms with Crippen LogP contribution in [0.5, 0.6) is 5.75 Å². The monoisotopic (exact) mass is 299 g/mol. The first-order chi connectivity index (χ1) is 8.56. The molecule has 0 amide bonds. The first kappa shape index (κ1) is 13.5. The minimum absolute atomic E-state index is 0.406. The van der Waals surface area contributed by atoms with Gasteiger partial charge in [0.2, 0.25) is 0 Å². The first-order valence-corrected chi connectivity index (χ1v) is 6.38. The van der Waals surface area contributed by atoms with E-state index in [0.717, 1.165) is 11.1 Å². The van der Waals surface area contributed by atoms with E-state index in [1.54, 1.807) is 18.2 Å². The number of benzene rings is 2. The SMILES string of the molecule is [CH2]c1ccc(OCc2ccc(Cl)c(Cl)c2)cc1Cl. The van der Waals surface area contributed by atoms with E-state index >= 15 is 0 Å². The predicted octanol–water partition coefficient (Wildman–Crippen LogP) is 5.41. The molecule has 0 saturated carbocycles. The van der Waals surface area contributed by atoms with Crippen molar-refractivity contribution in [1.82, 2.24) is 0 Å². The van der Waals surface area contributed by atoms with Crippen LogP contribution in [-0.2, 0) is 6.61 Å². The van der Waals surface area contributed by atoms with Gasteiger partial charge < -0.3 is 4.74 Å². The molecule has 0 spiro atoms. The lowest BCUT2D eigenvalue weighted by Gasteiger charge is -2.08. The third kappa shape index (κ3) is 3.32. The molecular formula is C14H10Cl3O. The average molecular weight is 301 g/mol. The van der Waals surface area contributed by atoms with Crippen molar-refractivity contribution in [2.45, 2.75) is 6.61 Å². The maximum atomic E-state index is 5.96. The normalized spacial score (nSPS) is 10.4. The van der Waals surface area contributed by atoms with Gasteiger partial charge in [0.15, 0.2) is 0 Å². The van der Waals surface area contributed by atoms with Crippen LogP contribution in [0.25, 0.3) is 0 Å². The second-order valence-electron chi connectivity index (χ2n) is 3.79. The van der Waals surface area contributed by atoms with Crippen molar-refractivity contribution in [2.75, 3.05) is 0 Å². The van der Waals surface area contributed by atoms with E-state index < -0.39 is 0 Å². The molecule has 93 valence electrons. The lowest BCUT2D eigenvalue weighted by molar-refractivity contribution is 0.306. The summed E-state index contributed by atoms with van der Waals surface area (Å²) < 4.78 is 5.61. The molecule has 0 fully saturated rings. The summed E-state index contributed by atoms with van der Waals surface area (Å²) in [6.07, 6.45) is 0. The zero-order valence-corrected chi connectivity index (χ0v) is 11.7. The van der Waals surface area contributed by atoms with Crippen LogP contribution in [-0.4, -0.2) is 0 Å². The molecule has 0 bridgehead atoms. The Bertz CT molecular complexity index is 515. The molecule has 4 heteroatoms. The molecule has 0 N–H and O–H groups in total. The van der Waals surface area contributed by atoms with E-state index in [2.05, 4.69) is 6.92 Å². The van der Waals surface area contributed by atoms with Gasteiger partial charge in [-0.15, -0.1) is 0 Å². The largest absolute Gasteiger partial charge is 0.489 e. The highest BCUT2D eigenvalue weighted by Crippen LogP contribution is 2.25. The Kier molecular flexibility index (Phi) is 4.39. The smallest absolute Gasteiger partial charge is 0.121 e. The summed E-state index contributed by atoms with van der Waals surface area (Å²) in [6.45, 7) is 4.19. The molecule has 0 atom stereocenters. The van der Waals surface area contributed by atoms with Crippen LogP contribution < -0.4 is 4.74 Å². The maximum absolute atomic E-state index is 5.96. The van der Waals surface area contributed by atoms with E-state index in [-0.39, 0.29) is 0 Å². The van der Waals surface area contributed by atoms with Crippen molar-refractivity contribution < 1.29 is 4.74 Å². The molecule has 0 unspecified atom stereocenters. The summed E-state index contributed by atoms with van der Waals surface area (Å²) in [6, 6.07) is 10.8. The highest BCUT2D eigenvalue weighted by Gasteiger charge is 2.02. The van der Waals surface area contributed by atoms with E-state index in [1.807, 2.05) is 18.2 Å². The molecular weight excluding hydrogens is 291 g/mol. The molecule has 18 heavy (non-hydrogen) atoms. The number of rotatable bonds is 3. The van der Waals surface area contributed by atoms with Gasteiger partial charge in [0.05, 0.1) is 10.0 Å². The lowest BCUT2D eigenvalue weighted by Crippen LogP contribution is -1.95. The van der Waals surface area contributed by atoms with E-state index in [0.29, 0.717) is 27.4 Å². The Balaban J connectivity index is 2.06. The van der Waals surface area contributed by atoms with Crippen molar-refractivity contribution in [3.8, 4) is 5.75 Å². The summed E-state index contributed by atoms with van der Waals surface area (Å²) in [4.78, 5) is 0. The zero-order valence-electron chi connectivity index (χ0n) is 9.42. The number of ether oxygens (including phenoxy) is 1. The zero-order chi connectivity index (χ0) is 13.1. The quantitative estimate of drug-likeness (QED) is 0.736. The van der Waals surface area contributed by atoms with E-state index in [1.165, 1.54) is 0 Å². The van der Waals surface area contributed by atoms with E-state index in [4.69, 9.17) is 39.5 Å². The van der Waals surface area contributed by atoms with Gasteiger partial charge >= 0.3 is 0 Å². The van der Waals surface area contributed by atoms with Crippen LogP contribution in [0.3, 0.4) is 0 Å². The minimum Gasteiger partial charge on any atom is -0.489 e. The molecule has 0 aliphatic rings. The molecule has 2 aromatic rings. The Morgan fingerprint density at radius 2 is 1.67 bits per heavy atom. The van der Waals surface area contributed by atoms with Gasteiger partial charge in [-0.2, -0.15) is 0 Å². The number of hydrogen-bond acceptors (Lipinski definition) is 1. The van der Waals surface area contributed by atoms with Gasteiger partial charge in [-0.25, -0.2) is 0 Å². The van der Waals surface area contributed by atoms with Crippen molar-refractivity contribution in [3.63, 3.8) is 0 Å². The molecule has 0 heterocycles. The number of hydrogen-bond donors (Lipinski definition) is 0.